The second kappa shape index (κ2) is 7.09. The number of hydrogen-bond donors (Lipinski definition) is 3. The van der Waals surface area contributed by atoms with Crippen LogP contribution < -0.4 is 10.6 Å². The molecule has 0 bridgehead atoms. The molecule has 110 valence electrons. The van der Waals surface area contributed by atoms with Crippen molar-refractivity contribution in [2.24, 2.45) is 0 Å². The van der Waals surface area contributed by atoms with Gasteiger partial charge in [0.1, 0.15) is 12.0 Å². The number of carboxylic acids is 1. The lowest BCUT2D eigenvalue weighted by Crippen LogP contribution is -2.36. The van der Waals surface area contributed by atoms with Crippen molar-refractivity contribution in [3.63, 3.8) is 0 Å². The monoisotopic (exact) mass is 289 g/mol. The van der Waals surface area contributed by atoms with Crippen molar-refractivity contribution in [1.29, 1.82) is 0 Å². The van der Waals surface area contributed by atoms with Crippen LogP contribution in [0.4, 0.5) is 4.79 Å². The van der Waals surface area contributed by atoms with Crippen molar-refractivity contribution < 1.29 is 19.2 Å². The number of urea groups is 1. The van der Waals surface area contributed by atoms with E-state index in [2.05, 4.69) is 20.3 Å². The van der Waals surface area contributed by atoms with Crippen LogP contribution in [0.3, 0.4) is 0 Å². The molecule has 1 heterocycles. The van der Waals surface area contributed by atoms with Crippen molar-refractivity contribution in [3.05, 3.63) is 53.4 Å². The summed E-state index contributed by atoms with van der Waals surface area (Å²) < 4.78 is 4.65. The molecule has 1 aromatic heterocycles. The molecule has 0 fully saturated rings. The molecule has 2 aromatic rings. The van der Waals surface area contributed by atoms with Gasteiger partial charge in [-0.15, -0.1) is 0 Å². The summed E-state index contributed by atoms with van der Waals surface area (Å²) in [5.74, 6) is -0.952. The third-order valence-corrected chi connectivity index (χ3v) is 2.82. The van der Waals surface area contributed by atoms with Gasteiger partial charge < -0.3 is 20.3 Å². The van der Waals surface area contributed by atoms with Crippen LogP contribution in [-0.2, 0) is 13.0 Å². The molecule has 0 aliphatic carbocycles. The average Bonchev–Trinajstić information content (AvgIpc) is 2.99. The second-order valence-electron chi connectivity index (χ2n) is 4.35. The van der Waals surface area contributed by atoms with E-state index in [1.807, 2.05) is 0 Å². The van der Waals surface area contributed by atoms with Crippen molar-refractivity contribution in [3.8, 4) is 0 Å². The molecule has 0 atom stereocenters. The Labute approximate surface area is 120 Å². The Morgan fingerprint density at radius 3 is 2.52 bits per heavy atom. The molecular formula is C14H15N3O4. The molecule has 2 amide bonds. The summed E-state index contributed by atoms with van der Waals surface area (Å²) in [6.07, 6.45) is 2.06. The Morgan fingerprint density at radius 2 is 1.90 bits per heavy atom. The maximum atomic E-state index is 11.5. The number of nitrogens with one attached hydrogen (secondary N) is 2. The number of carboxylic acid groups (broad SMARTS) is 1. The predicted molar refractivity (Wildman–Crippen MR) is 73.8 cm³/mol. The van der Waals surface area contributed by atoms with Gasteiger partial charge in [-0.1, -0.05) is 17.3 Å². The zero-order valence-electron chi connectivity index (χ0n) is 11.2. The SMILES string of the molecule is O=C(NCCc1ccc(C(=O)O)cc1)NCc1ccon1. The fourth-order valence-corrected chi connectivity index (χ4v) is 1.70. The van der Waals surface area contributed by atoms with Crippen LogP contribution in [0.5, 0.6) is 0 Å². The zero-order valence-corrected chi connectivity index (χ0v) is 11.2. The summed E-state index contributed by atoms with van der Waals surface area (Å²) in [5, 5.41) is 17.8. The Morgan fingerprint density at radius 1 is 1.14 bits per heavy atom. The number of benzene rings is 1. The van der Waals surface area contributed by atoms with Crippen LogP contribution >= 0.6 is 0 Å². The largest absolute Gasteiger partial charge is 0.478 e. The molecule has 1 aromatic carbocycles. The predicted octanol–water partition coefficient (Wildman–Crippen LogP) is 1.41. The van der Waals surface area contributed by atoms with E-state index in [0.29, 0.717) is 25.2 Å². The average molecular weight is 289 g/mol. The van der Waals surface area contributed by atoms with Crippen LogP contribution in [-0.4, -0.2) is 28.8 Å². The minimum absolute atomic E-state index is 0.247. The standard InChI is InChI=1S/C14H15N3O4/c18-13(19)11-3-1-10(2-4-11)5-7-15-14(20)16-9-12-6-8-21-17-12/h1-4,6,8H,5,7,9H2,(H,18,19)(H2,15,16,20). The maximum absolute atomic E-state index is 11.5. The van der Waals surface area contributed by atoms with Gasteiger partial charge in [-0.2, -0.15) is 0 Å². The van der Waals surface area contributed by atoms with E-state index in [-0.39, 0.29) is 11.6 Å². The topological polar surface area (TPSA) is 104 Å². The highest BCUT2D eigenvalue weighted by atomic mass is 16.5. The molecular weight excluding hydrogens is 274 g/mol. The highest BCUT2D eigenvalue weighted by Crippen LogP contribution is 2.04. The third kappa shape index (κ3) is 4.64. The zero-order chi connectivity index (χ0) is 15.1. The normalized spacial score (nSPS) is 10.1. The van der Waals surface area contributed by atoms with Gasteiger partial charge >= 0.3 is 12.0 Å². The number of aromatic carboxylic acids is 1. The van der Waals surface area contributed by atoms with E-state index in [1.54, 1.807) is 30.3 Å². The Kier molecular flexibility index (Phi) is 4.92. The number of amides is 2. The molecule has 0 aliphatic rings. The number of hydrogen-bond acceptors (Lipinski definition) is 4. The molecule has 0 saturated carbocycles. The molecule has 0 saturated heterocycles. The fourth-order valence-electron chi connectivity index (χ4n) is 1.70. The van der Waals surface area contributed by atoms with E-state index < -0.39 is 5.97 Å². The molecule has 21 heavy (non-hydrogen) atoms. The third-order valence-electron chi connectivity index (χ3n) is 2.82. The van der Waals surface area contributed by atoms with Crippen molar-refractivity contribution >= 4 is 12.0 Å². The number of aromatic nitrogens is 1. The van der Waals surface area contributed by atoms with Gasteiger partial charge in [0.05, 0.1) is 12.1 Å². The molecule has 0 spiro atoms. The Bertz CT molecular complexity index is 593. The minimum Gasteiger partial charge on any atom is -0.478 e. The van der Waals surface area contributed by atoms with Crippen LogP contribution in [0.15, 0.2) is 41.1 Å². The number of carbonyl (C=O) groups excluding carboxylic acids is 1. The number of rotatable bonds is 6. The molecule has 0 unspecified atom stereocenters. The van der Waals surface area contributed by atoms with Crippen LogP contribution in [0.2, 0.25) is 0 Å². The first-order valence-electron chi connectivity index (χ1n) is 6.38. The molecule has 7 nitrogen and oxygen atoms in total. The van der Waals surface area contributed by atoms with Crippen molar-refractivity contribution in [2.45, 2.75) is 13.0 Å². The molecule has 0 radical (unpaired) electrons. The van der Waals surface area contributed by atoms with Gasteiger partial charge in [-0.25, -0.2) is 9.59 Å². The van der Waals surface area contributed by atoms with Gasteiger partial charge in [-0.05, 0) is 24.1 Å². The van der Waals surface area contributed by atoms with E-state index >= 15 is 0 Å². The quantitative estimate of drug-likeness (QED) is 0.746. The van der Waals surface area contributed by atoms with Crippen LogP contribution in [0.25, 0.3) is 0 Å². The Balaban J connectivity index is 1.68. The van der Waals surface area contributed by atoms with E-state index in [9.17, 15) is 9.59 Å². The van der Waals surface area contributed by atoms with Gasteiger partial charge in [0.15, 0.2) is 0 Å². The summed E-state index contributed by atoms with van der Waals surface area (Å²) in [5.41, 5.74) is 1.85. The lowest BCUT2D eigenvalue weighted by Gasteiger charge is -2.06. The molecule has 2 rings (SSSR count). The van der Waals surface area contributed by atoms with Crippen LogP contribution in [0, 0.1) is 0 Å². The smallest absolute Gasteiger partial charge is 0.335 e. The fraction of sp³-hybridized carbons (Fsp3) is 0.214. The molecule has 0 aliphatic heterocycles. The minimum atomic E-state index is -0.952. The first-order chi connectivity index (χ1) is 10.1. The van der Waals surface area contributed by atoms with Gasteiger partial charge in [0, 0.05) is 12.6 Å². The summed E-state index contributed by atoms with van der Waals surface area (Å²) in [6, 6.07) is 7.94. The highest BCUT2D eigenvalue weighted by molar-refractivity contribution is 5.87. The van der Waals surface area contributed by atoms with Crippen LogP contribution in [0.1, 0.15) is 21.6 Å². The first-order valence-corrected chi connectivity index (χ1v) is 6.38. The second-order valence-corrected chi connectivity index (χ2v) is 4.35. The van der Waals surface area contributed by atoms with Gasteiger partial charge in [0.25, 0.3) is 0 Å². The van der Waals surface area contributed by atoms with Gasteiger partial charge in [-0.3, -0.25) is 0 Å². The highest BCUT2D eigenvalue weighted by Gasteiger charge is 2.03. The van der Waals surface area contributed by atoms with E-state index in [1.165, 1.54) is 6.26 Å². The van der Waals surface area contributed by atoms with Crippen molar-refractivity contribution in [2.75, 3.05) is 6.54 Å². The molecule has 7 heteroatoms. The summed E-state index contributed by atoms with van der Waals surface area (Å²) in [4.78, 5) is 22.2. The number of nitrogens with zero attached hydrogens (tertiary/aromatic N) is 1. The van der Waals surface area contributed by atoms with Crippen molar-refractivity contribution in [1.82, 2.24) is 15.8 Å². The molecule has 3 N–H and O–H groups in total. The summed E-state index contributed by atoms with van der Waals surface area (Å²) in [7, 11) is 0. The Hall–Kier alpha value is -2.83. The lowest BCUT2D eigenvalue weighted by molar-refractivity contribution is 0.0697. The van der Waals surface area contributed by atoms with Gasteiger partial charge in [0.2, 0.25) is 0 Å². The summed E-state index contributed by atoms with van der Waals surface area (Å²) >= 11 is 0. The first kappa shape index (κ1) is 14.6. The summed E-state index contributed by atoms with van der Waals surface area (Å²) in [6.45, 7) is 0.757. The lowest BCUT2D eigenvalue weighted by atomic mass is 10.1. The van der Waals surface area contributed by atoms with E-state index in [4.69, 9.17) is 5.11 Å². The van der Waals surface area contributed by atoms with E-state index in [0.717, 1.165) is 5.56 Å². The number of carbonyl (C=O) groups is 2. The maximum Gasteiger partial charge on any atom is 0.335 e.